The second-order valence-corrected chi connectivity index (χ2v) is 2.73. The predicted octanol–water partition coefficient (Wildman–Crippen LogP) is -0.186. The van der Waals surface area contributed by atoms with Gasteiger partial charge in [0.2, 0.25) is 0 Å². The number of hydrogen-bond acceptors (Lipinski definition) is 0. The summed E-state index contributed by atoms with van der Waals surface area (Å²) in [6.07, 6.45) is 0. The van der Waals surface area contributed by atoms with Crippen molar-refractivity contribution in [3.63, 3.8) is 0 Å². The van der Waals surface area contributed by atoms with Gasteiger partial charge in [0.05, 0.1) is 0 Å². The van der Waals surface area contributed by atoms with Crippen molar-refractivity contribution in [3.05, 3.63) is 0 Å². The molecule has 5 heavy (non-hydrogen) atoms. The van der Waals surface area contributed by atoms with Gasteiger partial charge in [-0.05, 0) is 0 Å². The predicted molar refractivity (Wildman–Crippen MR) is 27.4 cm³/mol. The van der Waals surface area contributed by atoms with Crippen LogP contribution in [-0.4, -0.2) is 35.5 Å². The summed E-state index contributed by atoms with van der Waals surface area (Å²) in [4.78, 5) is 0. The molecule has 0 radical (unpaired) electrons. The molecule has 0 unspecified atom stereocenters. The summed E-state index contributed by atoms with van der Waals surface area (Å²) in [6.45, 7) is 0. The van der Waals surface area contributed by atoms with Crippen molar-refractivity contribution >= 4 is 53.7 Å². The molecular formula is H3AlCeCl2Mg. The maximum absolute atomic E-state index is 4.90. The topological polar surface area (TPSA) is 0 Å². The Kier molecular flexibility index (Phi) is 49.3. The Morgan fingerprint density at radius 3 is 1.20 bits per heavy atom. The maximum atomic E-state index is 4.90. The quantitative estimate of drug-likeness (QED) is 0.533. The standard InChI is InChI=1S/Al.Ce.2ClH.Mg.3H/h;;2*1H;;;;/q;;;;+2;;;/p-2. The Balaban J connectivity index is -0.0000000200. The molecule has 5 heteroatoms. The number of halogens is 2. The Morgan fingerprint density at radius 1 is 1.20 bits per heavy atom. The zero-order valence-corrected chi connectivity index (χ0v) is 8.03. The van der Waals surface area contributed by atoms with E-state index in [4.69, 9.17) is 18.1 Å². The molecular weight excluding hydrogens is 262 g/mol. The van der Waals surface area contributed by atoms with Crippen LogP contribution in [0.2, 0.25) is 0 Å². The van der Waals surface area contributed by atoms with Gasteiger partial charge < -0.3 is 18.1 Å². The first kappa shape index (κ1) is 15.7. The van der Waals surface area contributed by atoms with Gasteiger partial charge in [-0.25, -0.2) is 0 Å². The van der Waals surface area contributed by atoms with Crippen LogP contribution in [0.5, 0.6) is 0 Å². The number of hydrogen-bond donors (Lipinski definition) is 0. The maximum Gasteiger partial charge on any atom is 0.618 e. The molecule has 0 aromatic rings. The van der Waals surface area contributed by atoms with E-state index in [1.807, 2.05) is 0 Å². The Labute approximate surface area is 93.1 Å². The molecule has 0 rings (SSSR count). The second kappa shape index (κ2) is 15.7. The molecule has 0 aliphatic heterocycles. The SMILES string of the molecule is [AlH3].[Ce].[Cl][Mg][Cl]. The molecule has 0 aliphatic rings. The van der Waals surface area contributed by atoms with Crippen LogP contribution in [0, 0.1) is 41.7 Å². The van der Waals surface area contributed by atoms with Gasteiger partial charge in [0.25, 0.3) is 0 Å². The molecule has 0 aromatic carbocycles. The minimum absolute atomic E-state index is 0. The summed E-state index contributed by atoms with van der Waals surface area (Å²) in [6, 6.07) is 0. The van der Waals surface area contributed by atoms with Crippen molar-refractivity contribution < 1.29 is 41.7 Å². The van der Waals surface area contributed by atoms with Gasteiger partial charge in [-0.1, -0.05) is 0 Å². The summed E-state index contributed by atoms with van der Waals surface area (Å²) in [5, 5.41) is 0. The van der Waals surface area contributed by atoms with Crippen LogP contribution < -0.4 is 0 Å². The van der Waals surface area contributed by atoms with Crippen molar-refractivity contribution in [3.8, 4) is 0 Å². The van der Waals surface area contributed by atoms with Crippen molar-refractivity contribution in [2.75, 3.05) is 0 Å². The summed E-state index contributed by atoms with van der Waals surface area (Å²) >= 11 is -0.639. The van der Waals surface area contributed by atoms with Crippen LogP contribution in [0.4, 0.5) is 0 Å². The zero-order chi connectivity index (χ0) is 2.71. The first-order valence-corrected chi connectivity index (χ1v) is 4.81. The van der Waals surface area contributed by atoms with Crippen molar-refractivity contribution in [2.24, 2.45) is 0 Å². The molecule has 0 heterocycles. The third-order valence-corrected chi connectivity index (χ3v) is 0. The molecule has 0 spiro atoms. The van der Waals surface area contributed by atoms with Gasteiger partial charge in [0, 0.05) is 41.7 Å². The van der Waals surface area contributed by atoms with E-state index in [2.05, 4.69) is 0 Å². The summed E-state index contributed by atoms with van der Waals surface area (Å²) < 4.78 is 0. The van der Waals surface area contributed by atoms with E-state index in [-0.39, 0.29) is 59.1 Å². The molecule has 0 bridgehead atoms. The normalized spacial score (nSPS) is 2.00. The summed E-state index contributed by atoms with van der Waals surface area (Å²) in [7, 11) is 9.81. The van der Waals surface area contributed by atoms with Crippen molar-refractivity contribution in [1.82, 2.24) is 0 Å². The summed E-state index contributed by atoms with van der Waals surface area (Å²) in [5.41, 5.74) is 0. The molecule has 0 aromatic heterocycles. The Bertz CT molecular complexity index is 9.61. The van der Waals surface area contributed by atoms with Gasteiger partial charge in [-0.2, -0.15) is 0 Å². The van der Waals surface area contributed by atoms with Gasteiger partial charge in [-0.3, -0.25) is 0 Å². The number of rotatable bonds is 0. The van der Waals surface area contributed by atoms with E-state index in [1.54, 1.807) is 0 Å². The van der Waals surface area contributed by atoms with E-state index in [9.17, 15) is 0 Å². The third kappa shape index (κ3) is 18.9. The second-order valence-electron chi connectivity index (χ2n) is 0.101. The zero-order valence-electron chi connectivity index (χ0n) is 1.96. The van der Waals surface area contributed by atoms with Gasteiger partial charge in [0.1, 0.15) is 0 Å². The van der Waals surface area contributed by atoms with Gasteiger partial charge in [-0.15, -0.1) is 0 Å². The molecule has 0 saturated carbocycles. The molecule has 0 amide bonds. The van der Waals surface area contributed by atoms with Crippen LogP contribution in [0.15, 0.2) is 0 Å². The van der Waals surface area contributed by atoms with Crippen LogP contribution >= 0.6 is 18.1 Å². The average molecular weight is 265 g/mol. The monoisotopic (exact) mass is 264 g/mol. The van der Waals surface area contributed by atoms with E-state index in [0.29, 0.717) is 0 Å². The molecule has 0 nitrogen and oxygen atoms in total. The van der Waals surface area contributed by atoms with E-state index in [1.165, 1.54) is 0 Å². The van der Waals surface area contributed by atoms with Crippen LogP contribution in [0.25, 0.3) is 0 Å². The largest absolute Gasteiger partial charge is 0.618 e. The molecule has 0 aliphatic carbocycles. The fraction of sp³-hybridized carbons (Fsp3) is 0. The Morgan fingerprint density at radius 2 is 1.20 bits per heavy atom. The van der Waals surface area contributed by atoms with Gasteiger partial charge in [0.15, 0.2) is 17.4 Å². The van der Waals surface area contributed by atoms with Crippen molar-refractivity contribution in [2.45, 2.75) is 0 Å². The first-order chi connectivity index (χ1) is 1.41. The van der Waals surface area contributed by atoms with Crippen LogP contribution in [0.3, 0.4) is 0 Å². The molecule has 26 valence electrons. The van der Waals surface area contributed by atoms with Crippen molar-refractivity contribution in [1.29, 1.82) is 0 Å². The average Bonchev–Trinajstić information content (AvgIpc) is 0.918. The molecule has 0 N–H and O–H groups in total. The third-order valence-electron chi connectivity index (χ3n) is 0. The van der Waals surface area contributed by atoms with E-state index in [0.717, 1.165) is 0 Å². The Hall–Kier alpha value is 3.26. The molecule has 0 atom stereocenters. The smallest absolute Gasteiger partial charge is 0.309 e. The minimum atomic E-state index is -0.639. The van der Waals surface area contributed by atoms with Gasteiger partial charge >= 0.3 is 18.2 Å². The van der Waals surface area contributed by atoms with Crippen LogP contribution in [-0.2, 0) is 0 Å². The molecule has 0 saturated heterocycles. The van der Waals surface area contributed by atoms with E-state index < -0.39 is 18.2 Å². The fourth-order valence-corrected chi connectivity index (χ4v) is 0. The van der Waals surface area contributed by atoms with E-state index >= 15 is 0 Å². The first-order valence-electron chi connectivity index (χ1n) is 0.535. The molecule has 0 fully saturated rings. The van der Waals surface area contributed by atoms with Crippen LogP contribution in [0.1, 0.15) is 0 Å². The fourth-order valence-electron chi connectivity index (χ4n) is 0. The summed E-state index contributed by atoms with van der Waals surface area (Å²) in [5.74, 6) is 0. The minimum Gasteiger partial charge on any atom is -0.309 e.